The molecule has 0 amide bonds. The van der Waals surface area contributed by atoms with Crippen molar-refractivity contribution < 1.29 is 13.5 Å². The molecule has 1 aliphatic heterocycles. The Bertz CT molecular complexity index is 422. The number of alkyl halides is 2. The number of thioether (sulfide) groups is 1. The van der Waals surface area contributed by atoms with Crippen molar-refractivity contribution in [3.05, 3.63) is 24.3 Å². The maximum atomic E-state index is 12.2. The molecule has 0 atom stereocenters. The summed E-state index contributed by atoms with van der Waals surface area (Å²) in [6.45, 7) is 2.88. The fraction of sp³-hybridized carbons (Fsp3) is 0.417. The maximum absolute atomic E-state index is 12.2. The second-order valence-corrected chi connectivity index (χ2v) is 5.38. The van der Waals surface area contributed by atoms with E-state index in [0.717, 1.165) is 18.8 Å². The van der Waals surface area contributed by atoms with Crippen LogP contribution in [0.15, 0.2) is 29.2 Å². The molecule has 3 nitrogen and oxygen atoms in total. The number of nitrogens with zero attached hydrogens (tertiary/aromatic N) is 1. The molecule has 1 saturated heterocycles. The lowest BCUT2D eigenvalue weighted by molar-refractivity contribution is 0.0690. The van der Waals surface area contributed by atoms with Crippen LogP contribution in [0.3, 0.4) is 0 Å². The van der Waals surface area contributed by atoms with E-state index in [-0.39, 0.29) is 0 Å². The van der Waals surface area contributed by atoms with Crippen molar-refractivity contribution in [1.29, 1.82) is 0 Å². The highest BCUT2D eigenvalue weighted by atomic mass is 32.2. The SMILES string of the molecule is FC(F)Sc1ccc(NC(=S)N2CCOCC2)cc1. The molecule has 0 bridgehead atoms. The predicted octanol–water partition coefficient (Wildman–Crippen LogP) is 3.03. The van der Waals surface area contributed by atoms with Gasteiger partial charge >= 0.3 is 0 Å². The largest absolute Gasteiger partial charge is 0.378 e. The number of rotatable bonds is 3. The summed E-state index contributed by atoms with van der Waals surface area (Å²) in [6.07, 6.45) is 0. The van der Waals surface area contributed by atoms with Gasteiger partial charge in [0.15, 0.2) is 5.11 Å². The summed E-state index contributed by atoms with van der Waals surface area (Å²) in [6, 6.07) is 6.80. The van der Waals surface area contributed by atoms with E-state index in [9.17, 15) is 8.78 Å². The summed E-state index contributed by atoms with van der Waals surface area (Å²) in [7, 11) is 0. The van der Waals surface area contributed by atoms with Crippen molar-refractivity contribution in [3.63, 3.8) is 0 Å². The van der Waals surface area contributed by atoms with Crippen molar-refractivity contribution >= 4 is 34.8 Å². The van der Waals surface area contributed by atoms with Crippen LogP contribution in [0, 0.1) is 0 Å². The van der Waals surface area contributed by atoms with Gasteiger partial charge in [0.25, 0.3) is 5.76 Å². The number of morpholine rings is 1. The molecule has 1 aromatic carbocycles. The monoisotopic (exact) mass is 304 g/mol. The maximum Gasteiger partial charge on any atom is 0.288 e. The van der Waals surface area contributed by atoms with Crippen molar-refractivity contribution in [2.24, 2.45) is 0 Å². The van der Waals surface area contributed by atoms with Gasteiger partial charge in [-0.3, -0.25) is 0 Å². The molecule has 1 aromatic rings. The number of ether oxygens (including phenoxy) is 1. The standard InChI is InChI=1S/C12H14F2N2OS2/c13-11(14)19-10-3-1-9(2-4-10)15-12(18)16-5-7-17-8-6-16/h1-4,11H,5-8H2,(H,15,18). The van der Waals surface area contributed by atoms with Crippen LogP contribution in [0.2, 0.25) is 0 Å². The number of hydrogen-bond acceptors (Lipinski definition) is 3. The molecule has 7 heteroatoms. The lowest BCUT2D eigenvalue weighted by Crippen LogP contribution is -2.42. The van der Waals surface area contributed by atoms with Crippen LogP contribution < -0.4 is 5.32 Å². The third-order valence-corrected chi connectivity index (χ3v) is 3.71. The molecule has 0 radical (unpaired) electrons. The lowest BCUT2D eigenvalue weighted by atomic mass is 10.3. The van der Waals surface area contributed by atoms with Crippen LogP contribution in [0.1, 0.15) is 0 Å². The Morgan fingerprint density at radius 3 is 2.47 bits per heavy atom. The summed E-state index contributed by atoms with van der Waals surface area (Å²) in [5, 5.41) is 3.73. The molecule has 1 N–H and O–H groups in total. The predicted molar refractivity (Wildman–Crippen MR) is 76.9 cm³/mol. The van der Waals surface area contributed by atoms with E-state index in [0.29, 0.717) is 35.0 Å². The van der Waals surface area contributed by atoms with E-state index < -0.39 is 5.76 Å². The van der Waals surface area contributed by atoms with Gasteiger partial charge < -0.3 is 15.0 Å². The number of benzene rings is 1. The molecule has 1 aliphatic rings. The molecular weight excluding hydrogens is 290 g/mol. The Morgan fingerprint density at radius 2 is 1.89 bits per heavy atom. The van der Waals surface area contributed by atoms with Crippen molar-refractivity contribution in [3.8, 4) is 0 Å². The highest BCUT2D eigenvalue weighted by Gasteiger charge is 2.13. The normalized spacial score (nSPS) is 15.6. The van der Waals surface area contributed by atoms with E-state index >= 15 is 0 Å². The number of nitrogens with one attached hydrogen (secondary N) is 1. The number of halogens is 2. The average molecular weight is 304 g/mol. The van der Waals surface area contributed by atoms with E-state index in [1.54, 1.807) is 24.3 Å². The molecular formula is C12H14F2N2OS2. The zero-order valence-electron chi connectivity index (χ0n) is 10.1. The van der Waals surface area contributed by atoms with Crippen LogP contribution in [0.25, 0.3) is 0 Å². The van der Waals surface area contributed by atoms with Crippen LogP contribution in [0.4, 0.5) is 14.5 Å². The van der Waals surface area contributed by atoms with Gasteiger partial charge in [-0.25, -0.2) is 0 Å². The molecule has 1 fully saturated rings. The van der Waals surface area contributed by atoms with Gasteiger partial charge in [-0.05, 0) is 36.5 Å². The Hall–Kier alpha value is -0.920. The van der Waals surface area contributed by atoms with Gasteiger partial charge in [-0.2, -0.15) is 8.78 Å². The lowest BCUT2D eigenvalue weighted by Gasteiger charge is -2.29. The Labute approximate surface area is 120 Å². The van der Waals surface area contributed by atoms with Gasteiger partial charge in [0.1, 0.15) is 0 Å². The third-order valence-electron chi connectivity index (χ3n) is 2.63. The van der Waals surface area contributed by atoms with E-state index in [1.165, 1.54) is 0 Å². The van der Waals surface area contributed by atoms with Gasteiger partial charge in [0.05, 0.1) is 13.2 Å². The molecule has 19 heavy (non-hydrogen) atoms. The van der Waals surface area contributed by atoms with Crippen LogP contribution in [-0.4, -0.2) is 42.1 Å². The van der Waals surface area contributed by atoms with Gasteiger partial charge in [-0.1, -0.05) is 11.8 Å². The second kappa shape index (κ2) is 7.02. The summed E-state index contributed by atoms with van der Waals surface area (Å²) >= 11 is 5.83. The first-order chi connectivity index (χ1) is 9.15. The number of anilines is 1. The molecule has 0 aliphatic carbocycles. The highest BCUT2D eigenvalue weighted by molar-refractivity contribution is 7.99. The van der Waals surface area contributed by atoms with Crippen molar-refractivity contribution in [2.75, 3.05) is 31.6 Å². The molecule has 0 saturated carbocycles. The van der Waals surface area contributed by atoms with E-state index in [4.69, 9.17) is 17.0 Å². The molecule has 1 heterocycles. The van der Waals surface area contributed by atoms with Gasteiger partial charge in [0, 0.05) is 23.7 Å². The minimum atomic E-state index is -2.40. The number of thiocarbonyl (C=S) groups is 1. The first-order valence-electron chi connectivity index (χ1n) is 5.84. The van der Waals surface area contributed by atoms with Crippen molar-refractivity contribution in [1.82, 2.24) is 4.90 Å². The van der Waals surface area contributed by atoms with Crippen LogP contribution >= 0.6 is 24.0 Å². The van der Waals surface area contributed by atoms with Gasteiger partial charge in [-0.15, -0.1) is 0 Å². The smallest absolute Gasteiger partial charge is 0.288 e. The summed E-state index contributed by atoms with van der Waals surface area (Å²) in [4.78, 5) is 2.57. The molecule has 0 aromatic heterocycles. The second-order valence-electron chi connectivity index (χ2n) is 3.93. The zero-order chi connectivity index (χ0) is 13.7. The first-order valence-corrected chi connectivity index (χ1v) is 7.12. The summed E-state index contributed by atoms with van der Waals surface area (Å²) in [5.41, 5.74) is 0.801. The first kappa shape index (κ1) is 14.5. The molecule has 104 valence electrons. The number of hydrogen-bond donors (Lipinski definition) is 1. The quantitative estimate of drug-likeness (QED) is 0.683. The summed E-state index contributed by atoms with van der Waals surface area (Å²) in [5.74, 6) is -2.40. The van der Waals surface area contributed by atoms with Crippen LogP contribution in [-0.2, 0) is 4.74 Å². The molecule has 2 rings (SSSR count). The van der Waals surface area contributed by atoms with Crippen LogP contribution in [0.5, 0.6) is 0 Å². The fourth-order valence-electron chi connectivity index (χ4n) is 1.69. The minimum absolute atomic E-state index is 0.533. The minimum Gasteiger partial charge on any atom is -0.378 e. The van der Waals surface area contributed by atoms with Gasteiger partial charge in [0.2, 0.25) is 0 Å². The molecule has 0 spiro atoms. The highest BCUT2D eigenvalue weighted by Crippen LogP contribution is 2.26. The summed E-state index contributed by atoms with van der Waals surface area (Å²) < 4.78 is 29.6. The third kappa shape index (κ3) is 4.59. The molecule has 0 unspecified atom stereocenters. The van der Waals surface area contributed by atoms with E-state index in [2.05, 4.69) is 5.32 Å². The van der Waals surface area contributed by atoms with E-state index in [1.807, 2.05) is 4.90 Å². The Kier molecular flexibility index (Phi) is 5.35. The average Bonchev–Trinajstić information content (AvgIpc) is 2.41. The topological polar surface area (TPSA) is 24.5 Å². The Morgan fingerprint density at radius 1 is 1.26 bits per heavy atom. The fourth-order valence-corrected chi connectivity index (χ4v) is 2.49. The Balaban J connectivity index is 1.89. The van der Waals surface area contributed by atoms with Crippen molar-refractivity contribution in [2.45, 2.75) is 10.7 Å². The zero-order valence-corrected chi connectivity index (χ0v) is 11.8.